The van der Waals surface area contributed by atoms with Crippen LogP contribution in [-0.2, 0) is 20.8 Å². The van der Waals surface area contributed by atoms with Crippen LogP contribution in [0.3, 0.4) is 0 Å². The molecule has 0 aliphatic heterocycles. The van der Waals surface area contributed by atoms with Gasteiger partial charge in [0.15, 0.2) is 0 Å². The molecule has 0 saturated carbocycles. The van der Waals surface area contributed by atoms with E-state index in [1.807, 2.05) is 6.07 Å². The van der Waals surface area contributed by atoms with Crippen LogP contribution in [0.15, 0.2) is 30.3 Å². The lowest BCUT2D eigenvalue weighted by molar-refractivity contribution is -0.192. The van der Waals surface area contributed by atoms with E-state index in [0.29, 0.717) is 6.41 Å². The molecule has 0 heterocycles. The predicted octanol–water partition coefficient (Wildman–Crippen LogP) is -0.773. The number of nitrogens with zero attached hydrogens (tertiary/aromatic N) is 1. The maximum absolute atomic E-state index is 11.0. The molecule has 0 fully saturated rings. The van der Waals surface area contributed by atoms with Gasteiger partial charge >= 0.3 is 7.60 Å². The summed E-state index contributed by atoms with van der Waals surface area (Å²) in [6.07, 6.45) is -5.47. The Morgan fingerprint density at radius 1 is 1.12 bits per heavy atom. The fraction of sp³-hybridized carbons (Fsp3) is 0.500. The molecule has 10 heteroatoms. The van der Waals surface area contributed by atoms with Crippen LogP contribution in [0.2, 0.25) is 0 Å². The van der Waals surface area contributed by atoms with E-state index in [0.717, 1.165) is 10.6 Å². The van der Waals surface area contributed by atoms with E-state index >= 15 is 0 Å². The van der Waals surface area contributed by atoms with E-state index < -0.39 is 45.0 Å². The van der Waals surface area contributed by atoms with Crippen LogP contribution < -0.4 is 0 Å². The summed E-state index contributed by atoms with van der Waals surface area (Å²) >= 11 is 0. The lowest BCUT2D eigenvalue weighted by Gasteiger charge is -2.26. The van der Waals surface area contributed by atoms with Crippen LogP contribution in [-0.4, -0.2) is 67.6 Å². The van der Waals surface area contributed by atoms with Crippen molar-refractivity contribution in [3.8, 4) is 0 Å². The molecule has 0 aromatic heterocycles. The zero-order valence-electron chi connectivity index (χ0n) is 12.9. The lowest BCUT2D eigenvalue weighted by Crippen LogP contribution is -2.44. The molecule has 24 heavy (non-hydrogen) atoms. The molecule has 1 aromatic carbocycles. The Bertz CT molecular complexity index is 537. The third-order valence-corrected chi connectivity index (χ3v) is 4.07. The Morgan fingerprint density at radius 2 is 1.75 bits per heavy atom. The summed E-state index contributed by atoms with van der Waals surface area (Å²) in [6, 6.07) is 8.96. The van der Waals surface area contributed by atoms with E-state index in [-0.39, 0.29) is 6.61 Å². The molecule has 1 aromatic rings. The van der Waals surface area contributed by atoms with Gasteiger partial charge in [0.25, 0.3) is 0 Å². The number of carbonyl (C=O) groups is 1. The second kappa shape index (κ2) is 9.85. The third kappa shape index (κ3) is 7.98. The van der Waals surface area contributed by atoms with Crippen LogP contribution in [0.1, 0.15) is 12.0 Å². The van der Waals surface area contributed by atoms with Gasteiger partial charge in [0.1, 0.15) is 18.8 Å². The van der Waals surface area contributed by atoms with Crippen molar-refractivity contribution in [1.29, 1.82) is 0 Å². The minimum Gasteiger partial charge on any atom is -0.390 e. The fourth-order valence-corrected chi connectivity index (χ4v) is 2.48. The Kier molecular flexibility index (Phi) is 8.51. The number of carbonyl (C=O) groups excluding carboxylic acids is 1. The van der Waals surface area contributed by atoms with Gasteiger partial charge in [0, 0.05) is 0 Å². The zero-order chi connectivity index (χ0) is 18.2. The van der Waals surface area contributed by atoms with E-state index in [4.69, 9.17) is 14.6 Å². The second-order valence-corrected chi connectivity index (χ2v) is 7.04. The van der Waals surface area contributed by atoms with E-state index in [1.165, 1.54) is 0 Å². The highest BCUT2D eigenvalue weighted by Gasteiger charge is 2.28. The maximum atomic E-state index is 11.0. The summed E-state index contributed by atoms with van der Waals surface area (Å²) in [5.74, 6) is 0. The Labute approximate surface area is 139 Å². The molecule has 0 aliphatic rings. The molecule has 136 valence electrons. The van der Waals surface area contributed by atoms with Gasteiger partial charge in [0.2, 0.25) is 6.41 Å². The molecule has 1 rings (SSSR count). The van der Waals surface area contributed by atoms with Crippen molar-refractivity contribution in [2.24, 2.45) is 0 Å². The third-order valence-electron chi connectivity index (χ3n) is 3.23. The van der Waals surface area contributed by atoms with Crippen LogP contribution in [0.4, 0.5) is 0 Å². The smallest absolute Gasteiger partial charge is 0.325 e. The van der Waals surface area contributed by atoms with Gasteiger partial charge in [-0.1, -0.05) is 30.3 Å². The van der Waals surface area contributed by atoms with Gasteiger partial charge in [-0.05, 0) is 12.0 Å². The average Bonchev–Trinajstić information content (AvgIpc) is 2.55. The molecule has 0 spiro atoms. The summed E-state index contributed by atoms with van der Waals surface area (Å²) in [6.45, 7) is -0.340. The molecule has 0 saturated heterocycles. The minimum atomic E-state index is -4.31. The van der Waals surface area contributed by atoms with Crippen molar-refractivity contribution in [2.75, 3.05) is 12.7 Å². The Morgan fingerprint density at radius 3 is 2.29 bits per heavy atom. The van der Waals surface area contributed by atoms with Crippen molar-refractivity contribution in [3.63, 3.8) is 0 Å². The quantitative estimate of drug-likeness (QED) is 0.195. The summed E-state index contributed by atoms with van der Waals surface area (Å²) in [7, 11) is -4.31. The molecule has 5 N–H and O–H groups in total. The van der Waals surface area contributed by atoms with Crippen LogP contribution in [0.25, 0.3) is 0 Å². The predicted molar refractivity (Wildman–Crippen MR) is 83.5 cm³/mol. The lowest BCUT2D eigenvalue weighted by atomic mass is 10.1. The largest absolute Gasteiger partial charge is 0.390 e. The summed E-state index contributed by atoms with van der Waals surface area (Å²) < 4.78 is 10.7. The van der Waals surface area contributed by atoms with Crippen molar-refractivity contribution in [1.82, 2.24) is 5.06 Å². The monoisotopic (exact) mass is 363 g/mol. The first kappa shape index (κ1) is 20.7. The first-order valence-corrected chi connectivity index (χ1v) is 9.00. The van der Waals surface area contributed by atoms with Gasteiger partial charge in [-0.2, -0.15) is 0 Å². The normalized spacial score (nSPS) is 15.5. The topological polar surface area (TPSA) is 148 Å². The Balaban J connectivity index is 2.45. The van der Waals surface area contributed by atoms with Crippen molar-refractivity contribution in [2.45, 2.75) is 31.3 Å². The number of hydrogen-bond donors (Lipinski definition) is 5. The summed E-state index contributed by atoms with van der Waals surface area (Å²) in [5.41, 5.74) is 0.793. The molecule has 0 unspecified atom stereocenters. The van der Waals surface area contributed by atoms with Gasteiger partial charge in [-0.3, -0.25) is 14.2 Å². The molecule has 0 bridgehead atoms. The number of rotatable bonds is 11. The van der Waals surface area contributed by atoms with Gasteiger partial charge in [0.05, 0.1) is 18.8 Å². The van der Waals surface area contributed by atoms with E-state index in [2.05, 4.69) is 0 Å². The van der Waals surface area contributed by atoms with Gasteiger partial charge < -0.3 is 25.1 Å². The molecule has 9 nitrogen and oxygen atoms in total. The van der Waals surface area contributed by atoms with Crippen LogP contribution in [0.5, 0.6) is 0 Å². The van der Waals surface area contributed by atoms with Crippen LogP contribution in [0, 0.1) is 0 Å². The first-order chi connectivity index (χ1) is 11.2. The molecule has 0 radical (unpaired) electrons. The highest BCUT2D eigenvalue weighted by Crippen LogP contribution is 2.35. The van der Waals surface area contributed by atoms with Gasteiger partial charge in [-0.15, -0.1) is 0 Å². The average molecular weight is 363 g/mol. The fourth-order valence-electron chi connectivity index (χ4n) is 1.88. The number of benzene rings is 1. The molecular formula is C14H22NO8P. The molecular weight excluding hydrogens is 341 g/mol. The van der Waals surface area contributed by atoms with E-state index in [1.54, 1.807) is 24.3 Å². The summed E-state index contributed by atoms with van der Waals surface area (Å²) in [4.78, 5) is 33.6. The standard InChI is InChI=1S/C14H22NO8P/c16-10-15(23-9-11-4-2-1-3-5-11)8-13(18)14(19)12(17)6-7-24(20,21)22/h1-5,10,12-14,17-19H,6-9H2,(H2,20,21,22)/t12-,13+,14-/m1/s1. The zero-order valence-corrected chi connectivity index (χ0v) is 13.8. The SMILES string of the molecule is O=CN(C[C@H](O)[C@H](O)[C@H](O)CCP(=O)(O)O)OCc1ccccc1. The number of amides is 1. The van der Waals surface area contributed by atoms with Crippen molar-refractivity contribution >= 4 is 14.0 Å². The minimum absolute atomic E-state index is 0.0726. The van der Waals surface area contributed by atoms with Gasteiger partial charge in [-0.25, -0.2) is 5.06 Å². The highest BCUT2D eigenvalue weighted by atomic mass is 31.2. The number of hydrogen-bond acceptors (Lipinski definition) is 6. The Hall–Kier alpha value is -1.32. The number of aliphatic hydroxyl groups excluding tert-OH is 3. The molecule has 1 amide bonds. The number of aliphatic hydroxyl groups is 3. The van der Waals surface area contributed by atoms with Crippen LogP contribution >= 0.6 is 7.60 Å². The van der Waals surface area contributed by atoms with Crippen molar-refractivity contribution < 1.29 is 39.3 Å². The first-order valence-electron chi connectivity index (χ1n) is 7.20. The molecule has 3 atom stereocenters. The number of hydroxylamine groups is 2. The van der Waals surface area contributed by atoms with E-state index in [9.17, 15) is 24.7 Å². The molecule has 0 aliphatic carbocycles. The second-order valence-electron chi connectivity index (χ2n) is 5.27. The summed E-state index contributed by atoms with van der Waals surface area (Å²) in [5, 5.41) is 30.0. The van der Waals surface area contributed by atoms with Crippen molar-refractivity contribution in [3.05, 3.63) is 35.9 Å². The maximum Gasteiger partial charge on any atom is 0.325 e. The highest BCUT2D eigenvalue weighted by molar-refractivity contribution is 7.51.